The quantitative estimate of drug-likeness (QED) is 0.730. The van der Waals surface area contributed by atoms with Gasteiger partial charge in [-0.25, -0.2) is 8.78 Å². The summed E-state index contributed by atoms with van der Waals surface area (Å²) < 4.78 is 25.7. The smallest absolute Gasteiger partial charge is 0.157 e. The van der Waals surface area contributed by atoms with E-state index in [0.29, 0.717) is 18.1 Å². The number of amidine groups is 1. The van der Waals surface area contributed by atoms with Crippen molar-refractivity contribution in [1.29, 1.82) is 0 Å². The molecule has 0 amide bonds. The third-order valence-electron chi connectivity index (χ3n) is 1.98. The van der Waals surface area contributed by atoms with Crippen LogP contribution in [0.4, 0.5) is 8.78 Å². The molecule has 0 saturated carbocycles. The minimum atomic E-state index is -0.594. The molecule has 74 valence electrons. The van der Waals surface area contributed by atoms with Crippen molar-refractivity contribution in [2.75, 3.05) is 13.7 Å². The molecule has 1 aromatic carbocycles. The maximum absolute atomic E-state index is 12.9. The Bertz CT molecular complexity index is 369. The Hall–Kier alpha value is -1.65. The lowest BCUT2D eigenvalue weighted by molar-refractivity contribution is 0.506. The van der Waals surface area contributed by atoms with E-state index >= 15 is 0 Å². The van der Waals surface area contributed by atoms with E-state index in [1.807, 2.05) is 0 Å². The zero-order valence-corrected chi connectivity index (χ0v) is 7.59. The summed E-state index contributed by atoms with van der Waals surface area (Å²) in [6.07, 6.45) is 0. The topological polar surface area (TPSA) is 27.6 Å². The summed E-state index contributed by atoms with van der Waals surface area (Å²) in [5.41, 5.74) is 3.17. The lowest BCUT2D eigenvalue weighted by Gasteiger charge is -2.11. The average Bonchev–Trinajstić information content (AvgIpc) is 2.49. The van der Waals surface area contributed by atoms with Gasteiger partial charge in [-0.1, -0.05) is 0 Å². The van der Waals surface area contributed by atoms with Gasteiger partial charge in [-0.3, -0.25) is 5.43 Å². The predicted molar refractivity (Wildman–Crippen MR) is 48.7 cm³/mol. The van der Waals surface area contributed by atoms with E-state index in [1.54, 1.807) is 11.9 Å². The number of nitrogens with one attached hydrogen (secondary N) is 1. The Morgan fingerprint density at radius 1 is 1.29 bits per heavy atom. The molecule has 0 atom stereocenters. The first-order chi connectivity index (χ1) is 6.66. The second kappa shape index (κ2) is 3.25. The molecule has 0 radical (unpaired) electrons. The van der Waals surface area contributed by atoms with Gasteiger partial charge in [-0.2, -0.15) is 5.10 Å². The van der Waals surface area contributed by atoms with Crippen LogP contribution in [0.1, 0.15) is 5.56 Å². The van der Waals surface area contributed by atoms with Crippen molar-refractivity contribution in [3.8, 4) is 0 Å². The monoisotopic (exact) mass is 197 g/mol. The minimum absolute atomic E-state index is 0.440. The van der Waals surface area contributed by atoms with Gasteiger partial charge in [0, 0.05) is 18.7 Å². The molecule has 14 heavy (non-hydrogen) atoms. The summed E-state index contributed by atoms with van der Waals surface area (Å²) in [4.78, 5) is 1.77. The van der Waals surface area contributed by atoms with Gasteiger partial charge in [-0.15, -0.1) is 0 Å². The van der Waals surface area contributed by atoms with Crippen LogP contribution in [-0.2, 0) is 0 Å². The van der Waals surface area contributed by atoms with Gasteiger partial charge < -0.3 is 4.90 Å². The number of hydrogen-bond acceptors (Lipinski definition) is 3. The molecule has 2 rings (SSSR count). The normalized spacial score (nSPS) is 15.4. The Morgan fingerprint density at radius 3 is 2.43 bits per heavy atom. The largest absolute Gasteiger partial charge is 0.339 e. The number of benzene rings is 1. The van der Waals surface area contributed by atoms with Gasteiger partial charge in [0.1, 0.15) is 18.3 Å². The molecule has 5 heteroatoms. The van der Waals surface area contributed by atoms with Crippen molar-refractivity contribution in [2.45, 2.75) is 0 Å². The van der Waals surface area contributed by atoms with E-state index in [-0.39, 0.29) is 0 Å². The number of halogens is 2. The molecule has 0 aliphatic carbocycles. The van der Waals surface area contributed by atoms with E-state index in [2.05, 4.69) is 10.5 Å². The first kappa shape index (κ1) is 8.93. The maximum atomic E-state index is 12.9. The van der Waals surface area contributed by atoms with Crippen molar-refractivity contribution in [2.24, 2.45) is 5.10 Å². The molecule has 0 fully saturated rings. The van der Waals surface area contributed by atoms with E-state index in [0.717, 1.165) is 6.07 Å². The molecule has 0 aromatic heterocycles. The summed E-state index contributed by atoms with van der Waals surface area (Å²) >= 11 is 0. The minimum Gasteiger partial charge on any atom is -0.339 e. The summed E-state index contributed by atoms with van der Waals surface area (Å²) in [7, 11) is 1.79. The zero-order chi connectivity index (χ0) is 10.1. The van der Waals surface area contributed by atoms with Crippen molar-refractivity contribution < 1.29 is 8.78 Å². The third-order valence-corrected chi connectivity index (χ3v) is 1.98. The Morgan fingerprint density at radius 2 is 1.93 bits per heavy atom. The molecule has 0 bridgehead atoms. The van der Waals surface area contributed by atoms with Crippen molar-refractivity contribution >= 4 is 5.84 Å². The fourth-order valence-electron chi connectivity index (χ4n) is 1.34. The SMILES string of the molecule is CN1CNN=C1c1cc(F)cc(F)c1. The van der Waals surface area contributed by atoms with Crippen LogP contribution in [0, 0.1) is 11.6 Å². The summed E-state index contributed by atoms with van der Waals surface area (Å²) in [5, 5.41) is 3.93. The van der Waals surface area contributed by atoms with Gasteiger partial charge in [0.05, 0.1) is 0 Å². The highest BCUT2D eigenvalue weighted by Gasteiger charge is 2.15. The Balaban J connectivity index is 2.41. The van der Waals surface area contributed by atoms with Gasteiger partial charge >= 0.3 is 0 Å². The molecule has 0 saturated heterocycles. The Labute approximate surface area is 80.0 Å². The van der Waals surface area contributed by atoms with Crippen molar-refractivity contribution in [3.63, 3.8) is 0 Å². The number of nitrogens with zero attached hydrogens (tertiary/aromatic N) is 2. The van der Waals surface area contributed by atoms with E-state index in [4.69, 9.17) is 0 Å². The van der Waals surface area contributed by atoms with Gasteiger partial charge in [-0.05, 0) is 12.1 Å². The van der Waals surface area contributed by atoms with E-state index < -0.39 is 11.6 Å². The lowest BCUT2D eigenvalue weighted by Crippen LogP contribution is -2.25. The third kappa shape index (κ3) is 1.53. The highest BCUT2D eigenvalue weighted by molar-refractivity contribution is 5.99. The van der Waals surface area contributed by atoms with Crippen LogP contribution in [0.25, 0.3) is 0 Å². The molecule has 1 aromatic rings. The van der Waals surface area contributed by atoms with Crippen molar-refractivity contribution in [3.05, 3.63) is 35.4 Å². The first-order valence-electron chi connectivity index (χ1n) is 4.15. The fraction of sp³-hybridized carbons (Fsp3) is 0.222. The number of rotatable bonds is 1. The zero-order valence-electron chi connectivity index (χ0n) is 7.59. The molecule has 1 heterocycles. The maximum Gasteiger partial charge on any atom is 0.157 e. The van der Waals surface area contributed by atoms with Crippen LogP contribution < -0.4 is 5.43 Å². The second-order valence-corrected chi connectivity index (χ2v) is 3.11. The highest BCUT2D eigenvalue weighted by Crippen LogP contribution is 2.12. The van der Waals surface area contributed by atoms with Gasteiger partial charge in [0.15, 0.2) is 5.84 Å². The van der Waals surface area contributed by atoms with Crippen LogP contribution in [0.3, 0.4) is 0 Å². The van der Waals surface area contributed by atoms with Crippen LogP contribution >= 0.6 is 0 Å². The lowest BCUT2D eigenvalue weighted by atomic mass is 10.2. The van der Waals surface area contributed by atoms with E-state index in [1.165, 1.54) is 12.1 Å². The summed E-state index contributed by atoms with van der Waals surface area (Å²) in [5.74, 6) is -0.644. The van der Waals surface area contributed by atoms with Crippen molar-refractivity contribution in [1.82, 2.24) is 10.3 Å². The van der Waals surface area contributed by atoms with E-state index in [9.17, 15) is 8.78 Å². The van der Waals surface area contributed by atoms with Crippen LogP contribution in [0.5, 0.6) is 0 Å². The molecule has 3 nitrogen and oxygen atoms in total. The molecule has 1 aliphatic rings. The van der Waals surface area contributed by atoms with Crippen LogP contribution in [0.15, 0.2) is 23.3 Å². The first-order valence-corrected chi connectivity index (χ1v) is 4.15. The molecule has 1 aliphatic heterocycles. The number of hydrogen-bond donors (Lipinski definition) is 1. The molecule has 1 N–H and O–H groups in total. The molecular weight excluding hydrogens is 188 g/mol. The highest BCUT2D eigenvalue weighted by atomic mass is 19.1. The molecular formula is C9H9F2N3. The number of hydrazone groups is 1. The second-order valence-electron chi connectivity index (χ2n) is 3.11. The predicted octanol–water partition coefficient (Wildman–Crippen LogP) is 1.12. The molecule has 0 spiro atoms. The molecule has 0 unspecified atom stereocenters. The van der Waals surface area contributed by atoms with Crippen LogP contribution in [-0.4, -0.2) is 24.5 Å². The van der Waals surface area contributed by atoms with Gasteiger partial charge in [0.25, 0.3) is 0 Å². The average molecular weight is 197 g/mol. The summed E-state index contributed by atoms with van der Waals surface area (Å²) in [6.45, 7) is 0.549. The standard InChI is InChI=1S/C9H9F2N3/c1-14-5-12-13-9(14)6-2-7(10)4-8(11)3-6/h2-4,12H,5H2,1H3. The van der Waals surface area contributed by atoms with Crippen LogP contribution in [0.2, 0.25) is 0 Å². The summed E-state index contributed by atoms with van der Waals surface area (Å²) in [6, 6.07) is 3.35. The Kier molecular flexibility index (Phi) is 2.07. The van der Waals surface area contributed by atoms with Gasteiger partial charge in [0.2, 0.25) is 0 Å². The fourth-order valence-corrected chi connectivity index (χ4v) is 1.34.